The number of hydrogen-bond donors (Lipinski definition) is 1. The molecule has 1 aliphatic rings. The topological polar surface area (TPSA) is 21.3 Å². The van der Waals surface area contributed by atoms with Crippen LogP contribution in [0.2, 0.25) is 19.6 Å². The van der Waals surface area contributed by atoms with Crippen LogP contribution in [0.1, 0.15) is 32.1 Å². The van der Waals surface area contributed by atoms with Crippen molar-refractivity contribution in [1.29, 1.82) is 0 Å². The molecule has 0 aromatic heterocycles. The molecule has 0 bridgehead atoms. The van der Waals surface area contributed by atoms with E-state index in [-0.39, 0.29) is 0 Å². The summed E-state index contributed by atoms with van der Waals surface area (Å²) in [6.45, 7) is 8.02. The third-order valence-corrected chi connectivity index (χ3v) is 7.30. The van der Waals surface area contributed by atoms with Crippen LogP contribution in [0, 0.1) is 5.92 Å². The Bertz CT molecular complexity index is 153. The van der Waals surface area contributed by atoms with Crippen LogP contribution < -0.4 is 4.98 Å². The predicted octanol–water partition coefficient (Wildman–Crippen LogP) is 2.01. The molecule has 0 amide bonds. The van der Waals surface area contributed by atoms with E-state index in [1.165, 1.54) is 38.6 Å². The Morgan fingerprint density at radius 2 is 1.86 bits per heavy atom. The van der Waals surface area contributed by atoms with Crippen LogP contribution in [-0.4, -0.2) is 24.8 Å². The molecule has 2 nitrogen and oxygen atoms in total. The molecule has 0 aromatic carbocycles. The van der Waals surface area contributed by atoms with Gasteiger partial charge in [0.1, 0.15) is 0 Å². The van der Waals surface area contributed by atoms with E-state index in [0.717, 1.165) is 5.92 Å². The molecular weight excluding hydrogens is 206 g/mol. The summed E-state index contributed by atoms with van der Waals surface area (Å²) in [5.41, 5.74) is 0. The summed E-state index contributed by atoms with van der Waals surface area (Å²) in [5, 5.41) is 0. The van der Waals surface area contributed by atoms with Crippen molar-refractivity contribution < 1.29 is 4.12 Å². The highest BCUT2D eigenvalue weighted by atomic mass is 28.4. The second-order valence-electron chi connectivity index (χ2n) is 5.36. The van der Waals surface area contributed by atoms with E-state index >= 15 is 0 Å². The van der Waals surface area contributed by atoms with Crippen molar-refractivity contribution in [2.45, 2.75) is 51.7 Å². The highest BCUT2D eigenvalue weighted by molar-refractivity contribution is 6.73. The molecule has 14 heavy (non-hydrogen) atoms. The second kappa shape index (κ2) is 6.05. The first-order chi connectivity index (χ1) is 6.58. The Balaban J connectivity index is 1.97. The monoisotopic (exact) mass is 231 g/mol. The normalized spacial score (nSPS) is 20.8. The second-order valence-corrected chi connectivity index (χ2v) is 11.5. The highest BCUT2D eigenvalue weighted by Crippen LogP contribution is 2.22. The molecule has 4 heteroatoms. The summed E-state index contributed by atoms with van der Waals surface area (Å²) in [5.74, 6) is 0.946. The fourth-order valence-corrected chi connectivity index (χ4v) is 4.59. The van der Waals surface area contributed by atoms with Crippen LogP contribution in [-0.2, 0) is 4.12 Å². The summed E-state index contributed by atoms with van der Waals surface area (Å²) >= 11 is 0. The quantitative estimate of drug-likeness (QED) is 0.577. The van der Waals surface area contributed by atoms with Crippen LogP contribution in [0.25, 0.3) is 0 Å². The van der Waals surface area contributed by atoms with Crippen LogP contribution >= 0.6 is 0 Å². The molecule has 0 spiro atoms. The predicted molar refractivity (Wildman–Crippen MR) is 67.6 cm³/mol. The Kier molecular flexibility index (Phi) is 5.37. The van der Waals surface area contributed by atoms with E-state index in [1.54, 1.807) is 0 Å². The van der Waals surface area contributed by atoms with E-state index in [2.05, 4.69) is 24.6 Å². The molecule has 1 saturated carbocycles. The fraction of sp³-hybridized carbons (Fsp3) is 1.00. The molecule has 1 fully saturated rings. The molecule has 0 aliphatic heterocycles. The largest absolute Gasteiger partial charge is 0.449 e. The maximum absolute atomic E-state index is 5.89. The van der Waals surface area contributed by atoms with Crippen LogP contribution in [0.4, 0.5) is 0 Å². The molecule has 0 saturated heterocycles. The molecule has 0 aromatic rings. The average Bonchev–Trinajstić information content (AvgIpc) is 2.13. The molecule has 0 heterocycles. The standard InChI is InChI=1S/C10H25NOSi2/c1-14(2,3)12-13-11-9-10-7-5-4-6-8-10/h10-11H,4-9,13H2,1-3H3. The fourth-order valence-electron chi connectivity index (χ4n) is 1.92. The average molecular weight is 231 g/mol. The SMILES string of the molecule is C[Si](C)(C)O[SiH2]NCC1CCCCC1. The molecule has 0 unspecified atom stereocenters. The van der Waals surface area contributed by atoms with Crippen LogP contribution in [0.15, 0.2) is 0 Å². The molecule has 1 aliphatic carbocycles. The van der Waals surface area contributed by atoms with Crippen molar-refractivity contribution in [2.75, 3.05) is 6.54 Å². The van der Waals surface area contributed by atoms with Gasteiger partial charge in [-0.1, -0.05) is 19.3 Å². The van der Waals surface area contributed by atoms with Gasteiger partial charge in [-0.3, -0.25) is 0 Å². The van der Waals surface area contributed by atoms with E-state index in [0.29, 0.717) is 0 Å². The van der Waals surface area contributed by atoms with E-state index in [1.807, 2.05) is 0 Å². The number of rotatable bonds is 5. The summed E-state index contributed by atoms with van der Waals surface area (Å²) in [6.07, 6.45) is 7.23. The lowest BCUT2D eigenvalue weighted by atomic mass is 9.90. The van der Waals surface area contributed by atoms with E-state index < -0.39 is 18.2 Å². The third kappa shape index (κ3) is 5.95. The minimum Gasteiger partial charge on any atom is -0.449 e. The van der Waals surface area contributed by atoms with Gasteiger partial charge in [0.2, 0.25) is 9.92 Å². The van der Waals surface area contributed by atoms with Gasteiger partial charge in [-0.05, 0) is 44.9 Å². The summed E-state index contributed by atoms with van der Waals surface area (Å²) < 4.78 is 5.89. The van der Waals surface area contributed by atoms with Crippen molar-refractivity contribution in [2.24, 2.45) is 5.92 Å². The smallest absolute Gasteiger partial charge is 0.224 e. The minimum absolute atomic E-state index is 0.426. The zero-order valence-electron chi connectivity index (χ0n) is 9.94. The van der Waals surface area contributed by atoms with Gasteiger partial charge in [0, 0.05) is 0 Å². The molecule has 1 rings (SSSR count). The Hall–Kier alpha value is 0.354. The molecule has 1 N–H and O–H groups in total. The van der Waals surface area contributed by atoms with E-state index in [9.17, 15) is 0 Å². The van der Waals surface area contributed by atoms with Gasteiger partial charge in [0.15, 0.2) is 8.32 Å². The maximum atomic E-state index is 5.89. The van der Waals surface area contributed by atoms with Crippen molar-refractivity contribution >= 4 is 18.2 Å². The summed E-state index contributed by atoms with van der Waals surface area (Å²) in [4.78, 5) is 3.56. The Labute approximate surface area is 92.0 Å². The highest BCUT2D eigenvalue weighted by Gasteiger charge is 2.15. The molecule has 0 atom stereocenters. The van der Waals surface area contributed by atoms with Crippen molar-refractivity contribution in [1.82, 2.24) is 4.98 Å². The number of hydrogen-bond acceptors (Lipinski definition) is 2. The Morgan fingerprint density at radius 1 is 1.21 bits per heavy atom. The maximum Gasteiger partial charge on any atom is 0.224 e. The minimum atomic E-state index is -1.24. The molecule has 0 radical (unpaired) electrons. The zero-order valence-corrected chi connectivity index (χ0v) is 12.3. The van der Waals surface area contributed by atoms with Gasteiger partial charge in [-0.25, -0.2) is 0 Å². The lowest BCUT2D eigenvalue weighted by molar-refractivity contribution is 0.355. The van der Waals surface area contributed by atoms with Gasteiger partial charge in [0.05, 0.1) is 0 Å². The lowest BCUT2D eigenvalue weighted by Gasteiger charge is -2.23. The molecule has 84 valence electrons. The van der Waals surface area contributed by atoms with Gasteiger partial charge >= 0.3 is 0 Å². The van der Waals surface area contributed by atoms with Crippen molar-refractivity contribution in [3.63, 3.8) is 0 Å². The first kappa shape index (κ1) is 12.4. The van der Waals surface area contributed by atoms with Crippen molar-refractivity contribution in [3.05, 3.63) is 0 Å². The first-order valence-electron chi connectivity index (χ1n) is 5.92. The number of nitrogens with one attached hydrogen (secondary N) is 1. The molecular formula is C10H25NOSi2. The van der Waals surface area contributed by atoms with Gasteiger partial charge in [0.25, 0.3) is 0 Å². The first-order valence-corrected chi connectivity index (χ1v) is 10.6. The van der Waals surface area contributed by atoms with Crippen molar-refractivity contribution in [3.8, 4) is 0 Å². The van der Waals surface area contributed by atoms with Crippen LogP contribution in [0.5, 0.6) is 0 Å². The summed E-state index contributed by atoms with van der Waals surface area (Å²) in [6, 6.07) is 0. The van der Waals surface area contributed by atoms with E-state index in [4.69, 9.17) is 4.12 Å². The summed E-state index contributed by atoms with van der Waals surface area (Å²) in [7, 11) is -1.67. The van der Waals surface area contributed by atoms with Gasteiger partial charge in [-0.15, -0.1) is 0 Å². The zero-order chi connectivity index (χ0) is 10.4. The lowest BCUT2D eigenvalue weighted by Crippen LogP contribution is -2.36. The Morgan fingerprint density at radius 3 is 2.43 bits per heavy atom. The van der Waals surface area contributed by atoms with Gasteiger partial charge in [-0.2, -0.15) is 0 Å². The third-order valence-electron chi connectivity index (χ3n) is 2.77. The van der Waals surface area contributed by atoms with Gasteiger partial charge < -0.3 is 9.10 Å². The van der Waals surface area contributed by atoms with Crippen LogP contribution in [0.3, 0.4) is 0 Å².